The lowest BCUT2D eigenvalue weighted by atomic mass is 10.0. The van der Waals surface area contributed by atoms with E-state index in [2.05, 4.69) is 41.1 Å². The minimum Gasteiger partial charge on any atom is -0.353 e. The van der Waals surface area contributed by atoms with E-state index in [9.17, 15) is 0 Å². The molecule has 1 aromatic heterocycles. The summed E-state index contributed by atoms with van der Waals surface area (Å²) >= 11 is 0. The maximum Gasteiger partial charge on any atom is 0.148 e. The van der Waals surface area contributed by atoms with E-state index in [1.54, 1.807) is 6.33 Å². The number of nitrogens with one attached hydrogen (secondary N) is 1. The van der Waals surface area contributed by atoms with Crippen LogP contribution in [0.5, 0.6) is 0 Å². The number of hydrogen-bond donors (Lipinski definition) is 2. The predicted molar refractivity (Wildman–Crippen MR) is 74.4 cm³/mol. The monoisotopic (exact) mass is 249 g/mol. The van der Waals surface area contributed by atoms with Gasteiger partial charge in [0, 0.05) is 18.2 Å². The molecule has 5 heteroatoms. The molecule has 18 heavy (non-hydrogen) atoms. The smallest absolute Gasteiger partial charge is 0.148 e. The summed E-state index contributed by atoms with van der Waals surface area (Å²) in [4.78, 5) is 11.1. The summed E-state index contributed by atoms with van der Waals surface area (Å²) < 4.78 is 0. The van der Waals surface area contributed by atoms with Crippen molar-refractivity contribution >= 4 is 11.6 Å². The molecule has 3 N–H and O–H groups in total. The van der Waals surface area contributed by atoms with Crippen molar-refractivity contribution in [3.05, 3.63) is 11.9 Å². The molecule has 5 nitrogen and oxygen atoms in total. The normalized spacial score (nSPS) is 19.6. The van der Waals surface area contributed by atoms with Crippen LogP contribution < -0.4 is 16.2 Å². The fourth-order valence-electron chi connectivity index (χ4n) is 2.85. The lowest BCUT2D eigenvalue weighted by molar-refractivity contribution is 0.488. The molecule has 0 aliphatic carbocycles. The van der Waals surface area contributed by atoms with Crippen molar-refractivity contribution in [2.75, 3.05) is 16.9 Å². The fraction of sp³-hybridized carbons (Fsp3) is 0.692. The molecule has 1 saturated heterocycles. The van der Waals surface area contributed by atoms with Crippen molar-refractivity contribution in [1.82, 2.24) is 9.97 Å². The van der Waals surface area contributed by atoms with Gasteiger partial charge in [0.05, 0.1) is 0 Å². The summed E-state index contributed by atoms with van der Waals surface area (Å²) in [6.45, 7) is 7.75. The van der Waals surface area contributed by atoms with Crippen LogP contribution in [0.15, 0.2) is 6.33 Å². The highest BCUT2D eigenvalue weighted by Gasteiger charge is 2.30. The average molecular weight is 249 g/mol. The lowest BCUT2D eigenvalue weighted by Crippen LogP contribution is -2.35. The quantitative estimate of drug-likeness (QED) is 0.630. The number of nitrogens with zero attached hydrogens (tertiary/aromatic N) is 3. The molecule has 0 saturated carbocycles. The van der Waals surface area contributed by atoms with E-state index in [1.807, 2.05) is 0 Å². The molecule has 0 amide bonds. The Morgan fingerprint density at radius 1 is 1.50 bits per heavy atom. The highest BCUT2D eigenvalue weighted by molar-refractivity contribution is 5.59. The Hall–Kier alpha value is -1.36. The number of nitrogen functional groups attached to an aromatic ring is 1. The lowest BCUT2D eigenvalue weighted by Gasteiger charge is -2.30. The maximum absolute atomic E-state index is 5.53. The Kier molecular flexibility index (Phi) is 4.01. The SMILES string of the molecule is CCc1c(NN)ncnc1N1CCCC1C(C)C. The second kappa shape index (κ2) is 5.52. The van der Waals surface area contributed by atoms with E-state index in [0.29, 0.717) is 12.0 Å². The van der Waals surface area contributed by atoms with Crippen molar-refractivity contribution in [2.24, 2.45) is 11.8 Å². The molecule has 0 bridgehead atoms. The molecule has 0 spiro atoms. The van der Waals surface area contributed by atoms with Crippen LogP contribution >= 0.6 is 0 Å². The summed E-state index contributed by atoms with van der Waals surface area (Å²) in [6, 6.07) is 0.579. The van der Waals surface area contributed by atoms with Gasteiger partial charge in [0.2, 0.25) is 0 Å². The molecule has 1 aliphatic rings. The molecular weight excluding hydrogens is 226 g/mol. The van der Waals surface area contributed by atoms with E-state index >= 15 is 0 Å². The summed E-state index contributed by atoms with van der Waals surface area (Å²) in [5.41, 5.74) is 3.79. The largest absolute Gasteiger partial charge is 0.353 e. The van der Waals surface area contributed by atoms with Gasteiger partial charge in [-0.1, -0.05) is 20.8 Å². The number of rotatable bonds is 4. The third-order valence-corrected chi connectivity index (χ3v) is 3.75. The zero-order valence-corrected chi connectivity index (χ0v) is 11.5. The van der Waals surface area contributed by atoms with Crippen molar-refractivity contribution < 1.29 is 0 Å². The molecule has 1 atom stereocenters. The molecule has 1 fully saturated rings. The molecule has 100 valence electrons. The summed E-state index contributed by atoms with van der Waals surface area (Å²) in [6.07, 6.45) is 4.97. The Bertz CT molecular complexity index is 404. The fourth-order valence-corrected chi connectivity index (χ4v) is 2.85. The number of aromatic nitrogens is 2. The van der Waals surface area contributed by atoms with Gasteiger partial charge >= 0.3 is 0 Å². The van der Waals surface area contributed by atoms with Crippen molar-refractivity contribution in [1.29, 1.82) is 0 Å². The first kappa shape index (κ1) is 13.1. The number of hydrazine groups is 1. The van der Waals surface area contributed by atoms with Gasteiger partial charge < -0.3 is 10.3 Å². The Balaban J connectivity index is 2.38. The zero-order valence-electron chi connectivity index (χ0n) is 11.5. The first-order valence-electron chi connectivity index (χ1n) is 6.76. The standard InChI is InChI=1S/C13H23N5/c1-4-10-12(17-14)15-8-16-13(10)18-7-5-6-11(18)9(2)3/h8-9,11H,4-7,14H2,1-3H3,(H,15,16,17). The minimum atomic E-state index is 0.579. The van der Waals surface area contributed by atoms with Crippen LogP contribution in [0.2, 0.25) is 0 Å². The highest BCUT2D eigenvalue weighted by atomic mass is 15.3. The second-order valence-electron chi connectivity index (χ2n) is 5.17. The van der Waals surface area contributed by atoms with Gasteiger partial charge in [-0.25, -0.2) is 15.8 Å². The minimum absolute atomic E-state index is 0.579. The first-order valence-corrected chi connectivity index (χ1v) is 6.76. The molecule has 1 aromatic rings. The average Bonchev–Trinajstić information content (AvgIpc) is 2.86. The van der Waals surface area contributed by atoms with E-state index in [0.717, 1.165) is 30.2 Å². The predicted octanol–water partition coefficient (Wildman–Crippen LogP) is 1.95. The Labute approximate surface area is 109 Å². The number of anilines is 2. The van der Waals surface area contributed by atoms with Gasteiger partial charge in [0.25, 0.3) is 0 Å². The third kappa shape index (κ3) is 2.27. The van der Waals surface area contributed by atoms with E-state index < -0.39 is 0 Å². The second-order valence-corrected chi connectivity index (χ2v) is 5.17. The van der Waals surface area contributed by atoms with Crippen LogP contribution in [0.3, 0.4) is 0 Å². The third-order valence-electron chi connectivity index (χ3n) is 3.75. The van der Waals surface area contributed by atoms with Crippen molar-refractivity contribution in [3.8, 4) is 0 Å². The molecule has 1 aliphatic heterocycles. The van der Waals surface area contributed by atoms with Gasteiger partial charge in [-0.3, -0.25) is 0 Å². The van der Waals surface area contributed by atoms with Crippen LogP contribution in [-0.2, 0) is 6.42 Å². The van der Waals surface area contributed by atoms with Crippen LogP contribution in [-0.4, -0.2) is 22.6 Å². The molecule has 2 heterocycles. The van der Waals surface area contributed by atoms with Crippen molar-refractivity contribution in [2.45, 2.75) is 46.1 Å². The Morgan fingerprint density at radius 2 is 2.28 bits per heavy atom. The molecule has 0 aromatic carbocycles. The van der Waals surface area contributed by atoms with Gasteiger partial charge in [-0.2, -0.15) is 0 Å². The van der Waals surface area contributed by atoms with Crippen LogP contribution in [0, 0.1) is 5.92 Å². The van der Waals surface area contributed by atoms with Gasteiger partial charge in [0.1, 0.15) is 18.0 Å². The van der Waals surface area contributed by atoms with E-state index in [1.165, 1.54) is 12.8 Å². The number of nitrogens with two attached hydrogens (primary N) is 1. The summed E-state index contributed by atoms with van der Waals surface area (Å²) in [5, 5.41) is 0. The maximum atomic E-state index is 5.53. The van der Waals surface area contributed by atoms with Crippen molar-refractivity contribution in [3.63, 3.8) is 0 Å². The van der Waals surface area contributed by atoms with Crippen LogP contribution in [0.4, 0.5) is 11.6 Å². The van der Waals surface area contributed by atoms with E-state index in [-0.39, 0.29) is 0 Å². The number of hydrogen-bond acceptors (Lipinski definition) is 5. The molecular formula is C13H23N5. The van der Waals surface area contributed by atoms with Crippen LogP contribution in [0.1, 0.15) is 39.2 Å². The first-order chi connectivity index (χ1) is 8.69. The topological polar surface area (TPSA) is 67.1 Å². The van der Waals surface area contributed by atoms with Gasteiger partial charge in [0.15, 0.2) is 0 Å². The molecule has 0 radical (unpaired) electrons. The summed E-state index contributed by atoms with van der Waals surface area (Å²) in [7, 11) is 0. The summed E-state index contributed by atoms with van der Waals surface area (Å²) in [5.74, 6) is 7.97. The zero-order chi connectivity index (χ0) is 13.1. The molecule has 1 unspecified atom stereocenters. The van der Waals surface area contributed by atoms with Gasteiger partial charge in [-0.15, -0.1) is 0 Å². The van der Waals surface area contributed by atoms with Gasteiger partial charge in [-0.05, 0) is 25.2 Å². The van der Waals surface area contributed by atoms with Crippen LogP contribution in [0.25, 0.3) is 0 Å². The van der Waals surface area contributed by atoms with E-state index in [4.69, 9.17) is 5.84 Å². The Morgan fingerprint density at radius 3 is 2.89 bits per heavy atom. The highest BCUT2D eigenvalue weighted by Crippen LogP contribution is 2.32. The molecule has 2 rings (SSSR count).